The maximum Gasteiger partial charge on any atom is 0.289 e. The van der Waals surface area contributed by atoms with Gasteiger partial charge in [0, 0.05) is 28.5 Å². The Labute approximate surface area is 64.4 Å². The first-order valence-electron chi connectivity index (χ1n) is 2.79. The zero-order valence-corrected chi connectivity index (χ0v) is 7.82. The summed E-state index contributed by atoms with van der Waals surface area (Å²) in [6.07, 6.45) is 0. The lowest BCUT2D eigenvalue weighted by atomic mass is 10.1. The SMILES string of the molecule is CN(C(=O)Br)C(C)(C)C. The van der Waals surface area contributed by atoms with Gasteiger partial charge < -0.3 is 4.90 Å². The van der Waals surface area contributed by atoms with Gasteiger partial charge in [0.05, 0.1) is 0 Å². The number of halogens is 1. The molecule has 0 aromatic heterocycles. The normalized spacial score (nSPS) is 11.2. The van der Waals surface area contributed by atoms with Gasteiger partial charge in [-0.25, -0.2) is 0 Å². The zero-order valence-electron chi connectivity index (χ0n) is 6.23. The molecule has 0 heterocycles. The van der Waals surface area contributed by atoms with E-state index in [1.54, 1.807) is 11.9 Å². The molecule has 0 bridgehead atoms. The highest BCUT2D eigenvalue weighted by molar-refractivity contribution is 9.18. The minimum absolute atomic E-state index is 0.0741. The van der Waals surface area contributed by atoms with Crippen LogP contribution in [-0.2, 0) is 0 Å². The molecule has 0 atom stereocenters. The van der Waals surface area contributed by atoms with Crippen molar-refractivity contribution in [2.75, 3.05) is 7.05 Å². The van der Waals surface area contributed by atoms with Gasteiger partial charge in [0.1, 0.15) is 0 Å². The zero-order chi connectivity index (χ0) is 7.65. The molecule has 0 aromatic rings. The van der Waals surface area contributed by atoms with Crippen LogP contribution in [0.3, 0.4) is 0 Å². The van der Waals surface area contributed by atoms with Gasteiger partial charge in [-0.15, -0.1) is 0 Å². The van der Waals surface area contributed by atoms with E-state index in [1.165, 1.54) is 0 Å². The van der Waals surface area contributed by atoms with Crippen molar-refractivity contribution in [3.05, 3.63) is 0 Å². The molecule has 3 heteroatoms. The van der Waals surface area contributed by atoms with E-state index in [0.29, 0.717) is 0 Å². The lowest BCUT2D eigenvalue weighted by molar-refractivity contribution is 0.191. The quantitative estimate of drug-likeness (QED) is 0.427. The lowest BCUT2D eigenvalue weighted by Gasteiger charge is -2.29. The highest BCUT2D eigenvalue weighted by Gasteiger charge is 2.19. The van der Waals surface area contributed by atoms with Crippen LogP contribution >= 0.6 is 15.9 Å². The summed E-state index contributed by atoms with van der Waals surface area (Å²) in [7, 11) is 1.76. The van der Waals surface area contributed by atoms with E-state index in [2.05, 4.69) is 15.9 Å². The Hall–Kier alpha value is -0.0500. The van der Waals surface area contributed by atoms with E-state index in [0.717, 1.165) is 0 Å². The summed E-state index contributed by atoms with van der Waals surface area (Å²) in [6.45, 7) is 5.94. The van der Waals surface area contributed by atoms with Crippen molar-refractivity contribution in [2.24, 2.45) is 0 Å². The average molecular weight is 194 g/mol. The third kappa shape index (κ3) is 2.84. The number of carbonyl (C=O) groups is 1. The molecule has 0 aromatic carbocycles. The summed E-state index contributed by atoms with van der Waals surface area (Å²) in [6, 6.07) is 0. The van der Waals surface area contributed by atoms with Gasteiger partial charge in [-0.05, 0) is 20.8 Å². The van der Waals surface area contributed by atoms with Gasteiger partial charge in [-0.2, -0.15) is 0 Å². The van der Waals surface area contributed by atoms with E-state index < -0.39 is 0 Å². The predicted molar refractivity (Wildman–Crippen MR) is 41.8 cm³/mol. The number of nitrogens with zero attached hydrogens (tertiary/aromatic N) is 1. The summed E-state index contributed by atoms with van der Waals surface area (Å²) >= 11 is 2.86. The average Bonchev–Trinajstić information content (AvgIpc) is 1.62. The van der Waals surface area contributed by atoms with Crippen molar-refractivity contribution in [1.82, 2.24) is 4.90 Å². The summed E-state index contributed by atoms with van der Waals surface area (Å²) in [5.74, 6) is 0. The molecule has 9 heavy (non-hydrogen) atoms. The first-order chi connectivity index (χ1) is 3.85. The van der Waals surface area contributed by atoms with Crippen molar-refractivity contribution in [3.63, 3.8) is 0 Å². The molecule has 1 amide bonds. The Morgan fingerprint density at radius 3 is 1.78 bits per heavy atom. The number of hydrogen-bond donors (Lipinski definition) is 0. The molecule has 2 nitrogen and oxygen atoms in total. The Balaban J connectivity index is 4.04. The van der Waals surface area contributed by atoms with Crippen LogP contribution in [0.1, 0.15) is 20.8 Å². The number of hydrogen-bond acceptors (Lipinski definition) is 1. The Bertz CT molecular complexity index is 117. The molecule has 0 aliphatic heterocycles. The maximum absolute atomic E-state index is 10.6. The van der Waals surface area contributed by atoms with Crippen LogP contribution in [-0.4, -0.2) is 22.3 Å². The smallest absolute Gasteiger partial charge is 0.289 e. The molecule has 0 rings (SSSR count). The van der Waals surface area contributed by atoms with Gasteiger partial charge in [-0.1, -0.05) is 0 Å². The second kappa shape index (κ2) is 2.69. The fourth-order valence-corrected chi connectivity index (χ4v) is 0.796. The predicted octanol–water partition coefficient (Wildman–Crippen LogP) is 2.23. The second-order valence-electron chi connectivity index (χ2n) is 2.98. The van der Waals surface area contributed by atoms with Gasteiger partial charge in [0.15, 0.2) is 0 Å². The van der Waals surface area contributed by atoms with E-state index >= 15 is 0 Å². The summed E-state index contributed by atoms with van der Waals surface area (Å²) in [5, 5.41) is 0. The molecular formula is C6H12BrNO. The molecule has 0 spiro atoms. The highest BCUT2D eigenvalue weighted by Crippen LogP contribution is 2.12. The summed E-state index contributed by atoms with van der Waals surface area (Å²) in [4.78, 5) is 12.2. The Kier molecular flexibility index (Phi) is 2.67. The maximum atomic E-state index is 10.6. The van der Waals surface area contributed by atoms with Crippen LogP contribution < -0.4 is 0 Å². The fraction of sp³-hybridized carbons (Fsp3) is 0.833. The molecule has 0 saturated carbocycles. The summed E-state index contributed by atoms with van der Waals surface area (Å²) in [5.41, 5.74) is -0.0828. The van der Waals surface area contributed by atoms with Crippen molar-refractivity contribution >= 4 is 20.7 Å². The molecule has 0 radical (unpaired) electrons. The molecule has 0 aliphatic carbocycles. The lowest BCUT2D eigenvalue weighted by Crippen LogP contribution is -2.39. The topological polar surface area (TPSA) is 20.3 Å². The van der Waals surface area contributed by atoms with E-state index in [1.807, 2.05) is 20.8 Å². The van der Waals surface area contributed by atoms with E-state index in [-0.39, 0.29) is 10.4 Å². The largest absolute Gasteiger partial charge is 0.331 e. The van der Waals surface area contributed by atoms with Crippen molar-refractivity contribution in [2.45, 2.75) is 26.3 Å². The standard InChI is InChI=1S/C6H12BrNO/c1-6(2,3)8(4)5(7)9/h1-4H3. The van der Waals surface area contributed by atoms with Crippen molar-refractivity contribution in [3.8, 4) is 0 Å². The van der Waals surface area contributed by atoms with Gasteiger partial charge in [0.25, 0.3) is 4.82 Å². The number of carbonyl (C=O) groups excluding carboxylic acids is 1. The minimum atomic E-state index is -0.0828. The fourth-order valence-electron chi connectivity index (χ4n) is 0.264. The van der Waals surface area contributed by atoms with E-state index in [9.17, 15) is 4.79 Å². The highest BCUT2D eigenvalue weighted by atomic mass is 79.9. The molecule has 54 valence electrons. The first kappa shape index (κ1) is 8.95. The third-order valence-electron chi connectivity index (χ3n) is 1.27. The second-order valence-corrected chi connectivity index (χ2v) is 3.66. The van der Waals surface area contributed by atoms with E-state index in [4.69, 9.17) is 0 Å². The van der Waals surface area contributed by atoms with Gasteiger partial charge in [-0.3, -0.25) is 4.79 Å². The molecular weight excluding hydrogens is 182 g/mol. The van der Waals surface area contributed by atoms with Gasteiger partial charge >= 0.3 is 0 Å². The third-order valence-corrected chi connectivity index (χ3v) is 1.80. The molecule has 0 saturated heterocycles. The van der Waals surface area contributed by atoms with Crippen LogP contribution in [0.15, 0.2) is 0 Å². The van der Waals surface area contributed by atoms with Crippen LogP contribution in [0.25, 0.3) is 0 Å². The Morgan fingerprint density at radius 2 is 1.78 bits per heavy atom. The molecule has 0 fully saturated rings. The molecule has 0 unspecified atom stereocenters. The van der Waals surface area contributed by atoms with Crippen molar-refractivity contribution < 1.29 is 4.79 Å². The van der Waals surface area contributed by atoms with Gasteiger partial charge in [0.2, 0.25) is 0 Å². The minimum Gasteiger partial charge on any atom is -0.331 e. The van der Waals surface area contributed by atoms with Crippen LogP contribution in [0.5, 0.6) is 0 Å². The van der Waals surface area contributed by atoms with Crippen LogP contribution in [0, 0.1) is 0 Å². The first-order valence-corrected chi connectivity index (χ1v) is 3.58. The van der Waals surface area contributed by atoms with Crippen LogP contribution in [0.4, 0.5) is 4.79 Å². The monoisotopic (exact) mass is 193 g/mol. The van der Waals surface area contributed by atoms with Crippen LogP contribution in [0.2, 0.25) is 0 Å². The molecule has 0 N–H and O–H groups in total. The number of amides is 1. The molecule has 0 aliphatic rings. The summed E-state index contributed by atoms with van der Waals surface area (Å²) < 4.78 is 0. The van der Waals surface area contributed by atoms with Crippen molar-refractivity contribution in [1.29, 1.82) is 0 Å². The number of rotatable bonds is 0. The Morgan fingerprint density at radius 1 is 1.44 bits per heavy atom.